The van der Waals surface area contributed by atoms with Gasteiger partial charge in [-0.1, -0.05) is 13.5 Å². The fourth-order valence-corrected chi connectivity index (χ4v) is 0.548. The molecule has 1 N–H and O–H groups in total. The van der Waals surface area contributed by atoms with Crippen LogP contribution in [0.2, 0.25) is 0 Å². The molecule has 0 saturated carbocycles. The zero-order valence-electron chi connectivity index (χ0n) is 8.58. The van der Waals surface area contributed by atoms with Crippen LogP contribution in [0.5, 0.6) is 0 Å². The molecule has 1 atom stereocenters. The molecule has 0 aliphatic rings. The highest BCUT2D eigenvalue weighted by molar-refractivity contribution is 6.07. The van der Waals surface area contributed by atoms with E-state index >= 15 is 0 Å². The summed E-state index contributed by atoms with van der Waals surface area (Å²) in [6, 6.07) is 0. The SMILES string of the molecule is C=C([O-])OCl.CCC(O)[N+](C)(C)C. The number of halogens is 1. The van der Waals surface area contributed by atoms with Gasteiger partial charge in [-0.05, 0) is 11.9 Å². The molecule has 13 heavy (non-hydrogen) atoms. The number of aliphatic hydroxyl groups excluding tert-OH is 1. The monoisotopic (exact) mass is 211 g/mol. The van der Waals surface area contributed by atoms with Crippen molar-refractivity contribution in [3.05, 3.63) is 12.5 Å². The molecule has 0 aromatic rings. The van der Waals surface area contributed by atoms with Crippen LogP contribution in [0.15, 0.2) is 12.5 Å². The maximum Gasteiger partial charge on any atom is 0.189 e. The lowest BCUT2D eigenvalue weighted by Gasteiger charge is -2.28. The van der Waals surface area contributed by atoms with Gasteiger partial charge in [-0.3, -0.25) is 0 Å². The molecule has 0 spiro atoms. The van der Waals surface area contributed by atoms with Gasteiger partial charge >= 0.3 is 0 Å². The second-order valence-corrected chi connectivity index (χ2v) is 3.61. The van der Waals surface area contributed by atoms with E-state index in [0.29, 0.717) is 4.48 Å². The summed E-state index contributed by atoms with van der Waals surface area (Å²) in [6.45, 7) is 4.74. The first kappa shape index (κ1) is 15.0. The average molecular weight is 212 g/mol. The zero-order valence-corrected chi connectivity index (χ0v) is 9.34. The van der Waals surface area contributed by atoms with E-state index in [9.17, 15) is 5.11 Å². The highest BCUT2D eigenvalue weighted by Crippen LogP contribution is 2.01. The zero-order chi connectivity index (χ0) is 11.1. The highest BCUT2D eigenvalue weighted by Gasteiger charge is 2.16. The van der Waals surface area contributed by atoms with Crippen LogP contribution in [0.4, 0.5) is 0 Å². The molecule has 0 aromatic carbocycles. The predicted octanol–water partition coefficient (Wildman–Crippen LogP) is 0.409. The lowest BCUT2D eigenvalue weighted by atomic mass is 10.4. The third kappa shape index (κ3) is 11.5. The van der Waals surface area contributed by atoms with E-state index in [4.69, 9.17) is 5.11 Å². The number of aliphatic hydroxyl groups is 1. The van der Waals surface area contributed by atoms with Gasteiger partial charge in [-0.2, -0.15) is 0 Å². The van der Waals surface area contributed by atoms with Crippen molar-refractivity contribution in [2.45, 2.75) is 19.6 Å². The quantitative estimate of drug-likeness (QED) is 0.418. The van der Waals surface area contributed by atoms with Crippen molar-refractivity contribution in [2.24, 2.45) is 0 Å². The molecular weight excluding hydrogens is 194 g/mol. The summed E-state index contributed by atoms with van der Waals surface area (Å²) in [6.07, 6.45) is 0.610. The van der Waals surface area contributed by atoms with E-state index in [1.54, 1.807) is 0 Å². The van der Waals surface area contributed by atoms with Crippen LogP contribution in [0.25, 0.3) is 0 Å². The van der Waals surface area contributed by atoms with Crippen molar-refractivity contribution < 1.29 is 19.0 Å². The molecule has 0 amide bonds. The van der Waals surface area contributed by atoms with Crippen LogP contribution in [-0.4, -0.2) is 37.0 Å². The molecule has 0 heterocycles. The highest BCUT2D eigenvalue weighted by atomic mass is 35.5. The first-order valence-electron chi connectivity index (χ1n) is 3.89. The Kier molecular flexibility index (Phi) is 8.10. The van der Waals surface area contributed by atoms with E-state index in [0.717, 1.165) is 6.42 Å². The topological polar surface area (TPSA) is 52.5 Å². The van der Waals surface area contributed by atoms with Crippen molar-refractivity contribution in [2.75, 3.05) is 21.1 Å². The molecule has 0 radical (unpaired) electrons. The van der Waals surface area contributed by atoms with Gasteiger partial charge in [0.15, 0.2) is 6.23 Å². The molecule has 80 valence electrons. The lowest BCUT2D eigenvalue weighted by Crippen LogP contribution is -2.44. The molecule has 5 heteroatoms. The number of hydrogen-bond donors (Lipinski definition) is 1. The van der Waals surface area contributed by atoms with Crippen molar-refractivity contribution in [1.82, 2.24) is 0 Å². The van der Waals surface area contributed by atoms with Crippen molar-refractivity contribution in [1.29, 1.82) is 0 Å². The lowest BCUT2D eigenvalue weighted by molar-refractivity contribution is -0.918. The van der Waals surface area contributed by atoms with E-state index < -0.39 is 5.95 Å². The third-order valence-electron chi connectivity index (χ3n) is 1.35. The fourth-order valence-electron chi connectivity index (χ4n) is 0.548. The largest absolute Gasteiger partial charge is 0.546 e. The second kappa shape index (κ2) is 7.00. The van der Waals surface area contributed by atoms with Gasteiger partial charge < -0.3 is 19.0 Å². The Labute approximate surface area is 84.8 Å². The van der Waals surface area contributed by atoms with Crippen LogP contribution in [-0.2, 0) is 4.29 Å². The van der Waals surface area contributed by atoms with Gasteiger partial charge in [0.25, 0.3) is 0 Å². The Balaban J connectivity index is 0. The standard InChI is InChI=1S/C6H16NO.C2H3ClO2/c1-5-6(8)7(2,3)4;1-2(4)5-3/h6,8H,5H2,1-4H3;4H,1H2/q+1;/p-1. The summed E-state index contributed by atoms with van der Waals surface area (Å²) in [5.74, 6) is -0.730. The minimum Gasteiger partial charge on any atom is -0.546 e. The molecule has 0 rings (SSSR count). The van der Waals surface area contributed by atoms with E-state index in [1.165, 1.54) is 0 Å². The fraction of sp³-hybridized carbons (Fsp3) is 0.750. The summed E-state index contributed by atoms with van der Waals surface area (Å²) in [5, 5.41) is 18.5. The summed E-state index contributed by atoms with van der Waals surface area (Å²) >= 11 is 4.42. The first-order chi connectivity index (χ1) is 5.75. The van der Waals surface area contributed by atoms with Crippen LogP contribution >= 0.6 is 11.9 Å². The minimum atomic E-state index is -0.730. The molecule has 0 fully saturated rings. The van der Waals surface area contributed by atoms with Gasteiger partial charge in [-0.25, -0.2) is 0 Å². The number of quaternary nitrogens is 1. The van der Waals surface area contributed by atoms with Crippen LogP contribution in [0, 0.1) is 0 Å². The Morgan fingerprint density at radius 1 is 1.62 bits per heavy atom. The summed E-state index contributed by atoms with van der Waals surface area (Å²) in [5.41, 5.74) is 0. The van der Waals surface area contributed by atoms with Crippen LogP contribution in [0.1, 0.15) is 13.3 Å². The number of nitrogens with zero attached hydrogens (tertiary/aromatic N) is 1. The number of hydrogen-bond acceptors (Lipinski definition) is 3. The van der Waals surface area contributed by atoms with Gasteiger partial charge in [-0.15, -0.1) is 0 Å². The van der Waals surface area contributed by atoms with E-state index in [1.807, 2.05) is 28.1 Å². The van der Waals surface area contributed by atoms with Gasteiger partial charge in [0.1, 0.15) is 0 Å². The molecule has 4 nitrogen and oxygen atoms in total. The maximum absolute atomic E-state index is 9.35. The molecule has 0 bridgehead atoms. The Morgan fingerprint density at radius 3 is 1.92 bits per heavy atom. The normalized spacial score (nSPS) is 12.5. The van der Waals surface area contributed by atoms with Gasteiger partial charge in [0.2, 0.25) is 0 Å². The molecule has 0 aliphatic carbocycles. The first-order valence-corrected chi connectivity index (χ1v) is 4.20. The molecule has 1 unspecified atom stereocenters. The van der Waals surface area contributed by atoms with E-state index in [2.05, 4.69) is 22.7 Å². The second-order valence-electron chi connectivity index (χ2n) is 3.45. The summed E-state index contributed by atoms with van der Waals surface area (Å²) < 4.78 is 4.11. The van der Waals surface area contributed by atoms with E-state index in [-0.39, 0.29) is 6.23 Å². The summed E-state index contributed by atoms with van der Waals surface area (Å²) in [7, 11) is 5.94. The Hall–Kier alpha value is -0.450. The van der Waals surface area contributed by atoms with Crippen molar-refractivity contribution >= 4 is 11.9 Å². The Bertz CT molecular complexity index is 145. The molecule has 0 saturated heterocycles. The number of rotatable bonds is 3. The maximum atomic E-state index is 9.35. The Morgan fingerprint density at radius 2 is 1.92 bits per heavy atom. The van der Waals surface area contributed by atoms with Crippen molar-refractivity contribution in [3.63, 3.8) is 0 Å². The molecule has 0 aromatic heterocycles. The minimum absolute atomic E-state index is 0.213. The summed E-state index contributed by atoms with van der Waals surface area (Å²) in [4.78, 5) is 0. The van der Waals surface area contributed by atoms with Gasteiger partial charge in [0.05, 0.1) is 27.1 Å². The predicted molar refractivity (Wildman–Crippen MR) is 50.4 cm³/mol. The molecular formula is C8H18ClNO3. The van der Waals surface area contributed by atoms with Crippen LogP contribution in [0.3, 0.4) is 0 Å². The van der Waals surface area contributed by atoms with Crippen molar-refractivity contribution in [3.8, 4) is 0 Å². The van der Waals surface area contributed by atoms with Gasteiger partial charge in [0, 0.05) is 6.42 Å². The smallest absolute Gasteiger partial charge is 0.189 e. The van der Waals surface area contributed by atoms with Crippen LogP contribution < -0.4 is 5.11 Å². The molecule has 0 aliphatic heterocycles. The average Bonchev–Trinajstić information content (AvgIpc) is 2.02. The third-order valence-corrected chi connectivity index (χ3v) is 1.52.